The fourth-order valence-electron chi connectivity index (χ4n) is 1.57. The van der Waals surface area contributed by atoms with Gasteiger partial charge in [0.05, 0.1) is 0 Å². The van der Waals surface area contributed by atoms with Crippen molar-refractivity contribution in [2.24, 2.45) is 0 Å². The molecule has 2 rings (SSSR count). The van der Waals surface area contributed by atoms with E-state index >= 15 is 0 Å². The van der Waals surface area contributed by atoms with Gasteiger partial charge in [0.25, 0.3) is 0 Å². The van der Waals surface area contributed by atoms with Crippen LogP contribution in [-0.4, -0.2) is 0 Å². The standard InChI is InChI=1S/C14H14S/c1-3-7-13(8-4-1)11-12-15-14-9-5-2-6-10-14/h1,3-4,7-9H,2,5-6,10H2. The van der Waals surface area contributed by atoms with E-state index in [-0.39, 0.29) is 0 Å². The van der Waals surface area contributed by atoms with Crippen molar-refractivity contribution in [3.8, 4) is 11.2 Å². The van der Waals surface area contributed by atoms with Crippen molar-refractivity contribution in [2.75, 3.05) is 0 Å². The number of hydrogen-bond donors (Lipinski definition) is 0. The van der Waals surface area contributed by atoms with Crippen LogP contribution in [0.5, 0.6) is 0 Å². The van der Waals surface area contributed by atoms with Crippen LogP contribution < -0.4 is 0 Å². The van der Waals surface area contributed by atoms with Crippen LogP contribution in [0, 0.1) is 11.2 Å². The summed E-state index contributed by atoms with van der Waals surface area (Å²) in [6.07, 6.45) is 7.44. The van der Waals surface area contributed by atoms with Gasteiger partial charge in [-0.2, -0.15) is 0 Å². The van der Waals surface area contributed by atoms with E-state index in [0.717, 1.165) is 5.56 Å². The van der Waals surface area contributed by atoms with Gasteiger partial charge in [0.15, 0.2) is 0 Å². The quantitative estimate of drug-likeness (QED) is 0.632. The Morgan fingerprint density at radius 1 is 1.07 bits per heavy atom. The molecule has 0 aliphatic heterocycles. The minimum Gasteiger partial charge on any atom is -0.0740 e. The number of hydrogen-bond acceptors (Lipinski definition) is 1. The Morgan fingerprint density at radius 3 is 2.67 bits per heavy atom. The molecule has 0 nitrogen and oxygen atoms in total. The van der Waals surface area contributed by atoms with Crippen LogP contribution in [0.4, 0.5) is 0 Å². The van der Waals surface area contributed by atoms with E-state index in [9.17, 15) is 0 Å². The van der Waals surface area contributed by atoms with Crippen molar-refractivity contribution < 1.29 is 0 Å². The van der Waals surface area contributed by atoms with Crippen LogP contribution in [-0.2, 0) is 0 Å². The third-order valence-corrected chi connectivity index (χ3v) is 3.24. The Kier molecular flexibility index (Phi) is 3.93. The van der Waals surface area contributed by atoms with E-state index in [1.165, 1.54) is 30.6 Å². The van der Waals surface area contributed by atoms with Crippen molar-refractivity contribution >= 4 is 11.8 Å². The van der Waals surface area contributed by atoms with Gasteiger partial charge in [-0.3, -0.25) is 0 Å². The highest BCUT2D eigenvalue weighted by molar-refractivity contribution is 8.07. The molecule has 0 fully saturated rings. The molecule has 0 N–H and O–H groups in total. The first kappa shape index (κ1) is 10.4. The summed E-state index contributed by atoms with van der Waals surface area (Å²) >= 11 is 1.69. The van der Waals surface area contributed by atoms with E-state index in [2.05, 4.69) is 17.2 Å². The van der Waals surface area contributed by atoms with Crippen LogP contribution in [0.3, 0.4) is 0 Å². The average Bonchev–Trinajstić information content (AvgIpc) is 2.32. The molecule has 1 aromatic carbocycles. The van der Waals surface area contributed by atoms with Gasteiger partial charge >= 0.3 is 0 Å². The second-order valence-corrected chi connectivity index (χ2v) is 4.54. The first-order chi connectivity index (χ1) is 7.45. The van der Waals surface area contributed by atoms with Gasteiger partial charge in [0, 0.05) is 5.56 Å². The number of rotatable bonds is 1. The molecule has 0 atom stereocenters. The molecule has 1 aromatic rings. The zero-order valence-electron chi connectivity index (χ0n) is 8.70. The number of thioether (sulfide) groups is 1. The third kappa shape index (κ3) is 3.49. The molecule has 0 saturated carbocycles. The summed E-state index contributed by atoms with van der Waals surface area (Å²) in [6.45, 7) is 0. The summed E-state index contributed by atoms with van der Waals surface area (Å²) in [5, 5.41) is 3.17. The zero-order valence-corrected chi connectivity index (χ0v) is 9.52. The molecule has 0 aromatic heterocycles. The smallest absolute Gasteiger partial charge is 0.0254 e. The highest BCUT2D eigenvalue weighted by Gasteiger charge is 2.01. The Balaban J connectivity index is 1.93. The number of benzene rings is 1. The summed E-state index contributed by atoms with van der Waals surface area (Å²) in [5.41, 5.74) is 1.10. The van der Waals surface area contributed by atoms with Gasteiger partial charge in [-0.05, 0) is 59.7 Å². The molecule has 0 saturated heterocycles. The average molecular weight is 214 g/mol. The molecule has 15 heavy (non-hydrogen) atoms. The van der Waals surface area contributed by atoms with Gasteiger partial charge in [0.2, 0.25) is 0 Å². The van der Waals surface area contributed by atoms with Crippen LogP contribution in [0.1, 0.15) is 31.2 Å². The molecule has 0 bridgehead atoms. The topological polar surface area (TPSA) is 0 Å². The molecular formula is C14H14S. The molecule has 0 heterocycles. The lowest BCUT2D eigenvalue weighted by molar-refractivity contribution is 0.724. The molecule has 0 amide bonds. The summed E-state index contributed by atoms with van der Waals surface area (Å²) < 4.78 is 0. The van der Waals surface area contributed by atoms with E-state index in [4.69, 9.17) is 0 Å². The Hall–Kier alpha value is -1.13. The van der Waals surface area contributed by atoms with Gasteiger partial charge < -0.3 is 0 Å². The van der Waals surface area contributed by atoms with Crippen molar-refractivity contribution in [3.63, 3.8) is 0 Å². The van der Waals surface area contributed by atoms with Crippen LogP contribution in [0.25, 0.3) is 0 Å². The van der Waals surface area contributed by atoms with Crippen LogP contribution >= 0.6 is 11.8 Å². The molecule has 0 unspecified atom stereocenters. The van der Waals surface area contributed by atoms with Gasteiger partial charge in [-0.25, -0.2) is 0 Å². The van der Waals surface area contributed by atoms with E-state index in [1.807, 2.05) is 30.3 Å². The highest BCUT2D eigenvalue weighted by atomic mass is 32.2. The Labute approximate surface area is 95.8 Å². The van der Waals surface area contributed by atoms with Gasteiger partial charge in [-0.1, -0.05) is 30.2 Å². The van der Waals surface area contributed by atoms with Crippen LogP contribution in [0.15, 0.2) is 41.3 Å². The number of allylic oxidation sites excluding steroid dienone is 2. The van der Waals surface area contributed by atoms with E-state index in [1.54, 1.807) is 11.8 Å². The van der Waals surface area contributed by atoms with Gasteiger partial charge in [0.1, 0.15) is 0 Å². The van der Waals surface area contributed by atoms with Crippen LogP contribution in [0.2, 0.25) is 0 Å². The first-order valence-electron chi connectivity index (χ1n) is 5.37. The fraction of sp³-hybridized carbons (Fsp3) is 0.286. The second kappa shape index (κ2) is 5.68. The monoisotopic (exact) mass is 214 g/mol. The summed E-state index contributed by atoms with van der Waals surface area (Å²) in [4.78, 5) is 1.45. The summed E-state index contributed by atoms with van der Waals surface area (Å²) in [7, 11) is 0. The van der Waals surface area contributed by atoms with Gasteiger partial charge in [-0.15, -0.1) is 0 Å². The summed E-state index contributed by atoms with van der Waals surface area (Å²) in [5.74, 6) is 3.16. The van der Waals surface area contributed by atoms with Crippen molar-refractivity contribution in [3.05, 3.63) is 46.9 Å². The predicted molar refractivity (Wildman–Crippen MR) is 67.5 cm³/mol. The Morgan fingerprint density at radius 2 is 1.93 bits per heavy atom. The molecule has 0 radical (unpaired) electrons. The fourth-order valence-corrected chi connectivity index (χ4v) is 2.32. The lowest BCUT2D eigenvalue weighted by Gasteiger charge is -2.07. The SMILES string of the molecule is C(#Cc1ccccc1)SC1=CCCCC1. The van der Waals surface area contributed by atoms with Crippen molar-refractivity contribution in [2.45, 2.75) is 25.7 Å². The first-order valence-corrected chi connectivity index (χ1v) is 6.19. The zero-order chi connectivity index (χ0) is 10.3. The molecule has 0 spiro atoms. The lowest BCUT2D eigenvalue weighted by Crippen LogP contribution is -1.86. The highest BCUT2D eigenvalue weighted by Crippen LogP contribution is 2.26. The van der Waals surface area contributed by atoms with Crippen molar-refractivity contribution in [1.29, 1.82) is 0 Å². The third-order valence-electron chi connectivity index (χ3n) is 2.40. The second-order valence-electron chi connectivity index (χ2n) is 3.61. The molecule has 1 aliphatic carbocycles. The Bertz CT molecular complexity index is 392. The molecule has 76 valence electrons. The minimum absolute atomic E-state index is 1.10. The molecular weight excluding hydrogens is 200 g/mol. The molecule has 1 aliphatic rings. The normalized spacial score (nSPS) is 15.1. The van der Waals surface area contributed by atoms with E-state index < -0.39 is 0 Å². The molecule has 1 heteroatoms. The van der Waals surface area contributed by atoms with Crippen molar-refractivity contribution in [1.82, 2.24) is 0 Å². The maximum Gasteiger partial charge on any atom is 0.0254 e. The lowest BCUT2D eigenvalue weighted by atomic mass is 10.1. The maximum atomic E-state index is 3.17. The maximum absolute atomic E-state index is 3.17. The largest absolute Gasteiger partial charge is 0.0740 e. The predicted octanol–water partition coefficient (Wildman–Crippen LogP) is 4.19. The van der Waals surface area contributed by atoms with E-state index in [0.29, 0.717) is 0 Å². The minimum atomic E-state index is 1.10. The summed E-state index contributed by atoms with van der Waals surface area (Å²) in [6, 6.07) is 10.1.